The van der Waals surface area contributed by atoms with E-state index >= 15 is 0 Å². The summed E-state index contributed by atoms with van der Waals surface area (Å²) in [5, 5.41) is 0. The molecule has 0 aliphatic heterocycles. The molecule has 104 valence electrons. The second-order valence-electron chi connectivity index (χ2n) is 4.67. The van der Waals surface area contributed by atoms with Gasteiger partial charge >= 0.3 is 0 Å². The lowest BCUT2D eigenvalue weighted by Gasteiger charge is -2.12. The summed E-state index contributed by atoms with van der Waals surface area (Å²) in [5.41, 5.74) is 3.08. The van der Waals surface area contributed by atoms with Crippen molar-refractivity contribution in [2.45, 2.75) is 13.8 Å². The molecule has 2 aromatic rings. The van der Waals surface area contributed by atoms with Crippen LogP contribution in [-0.2, 0) is 0 Å². The number of carbonyl (C=O) groups excluding carboxylic acids is 1. The summed E-state index contributed by atoms with van der Waals surface area (Å²) >= 11 is 0. The fraction of sp³-hybridized carbons (Fsp3) is 0.235. The highest BCUT2D eigenvalue weighted by atomic mass is 16.5. The van der Waals surface area contributed by atoms with E-state index < -0.39 is 0 Å². The molecule has 0 fully saturated rings. The van der Waals surface area contributed by atoms with Crippen LogP contribution in [-0.4, -0.2) is 20.0 Å². The number of rotatable bonds is 4. The predicted octanol–water partition coefficient (Wildman–Crippen LogP) is 3.55. The molecule has 0 radical (unpaired) electrons. The third-order valence-electron chi connectivity index (χ3n) is 3.34. The maximum absolute atomic E-state index is 12.7. The van der Waals surface area contributed by atoms with Crippen molar-refractivity contribution in [1.29, 1.82) is 0 Å². The molecule has 3 nitrogen and oxygen atoms in total. The summed E-state index contributed by atoms with van der Waals surface area (Å²) in [7, 11) is 3.20. The molecule has 0 saturated carbocycles. The van der Waals surface area contributed by atoms with Gasteiger partial charge in [0.05, 0.1) is 19.8 Å². The van der Waals surface area contributed by atoms with E-state index in [1.807, 2.05) is 38.1 Å². The number of benzene rings is 2. The number of hydrogen-bond acceptors (Lipinski definition) is 3. The molecule has 0 N–H and O–H groups in total. The summed E-state index contributed by atoms with van der Waals surface area (Å²) in [6.07, 6.45) is 0. The molecular formula is C17H18O3. The van der Waals surface area contributed by atoms with Crippen molar-refractivity contribution in [3.8, 4) is 11.5 Å². The second kappa shape index (κ2) is 5.78. The number of hydrogen-bond donors (Lipinski definition) is 0. The molecule has 0 aliphatic carbocycles. The quantitative estimate of drug-likeness (QED) is 0.797. The van der Waals surface area contributed by atoms with Crippen LogP contribution in [0, 0.1) is 13.8 Å². The van der Waals surface area contributed by atoms with Crippen LogP contribution in [0.5, 0.6) is 11.5 Å². The first kappa shape index (κ1) is 14.1. The standard InChI is InChI=1S/C17H18O3/c1-11-10-16(20-4)12(2)9-14(11)17(18)13-7-5-6-8-15(13)19-3/h5-10H,1-4H3. The summed E-state index contributed by atoms with van der Waals surface area (Å²) in [6, 6.07) is 11.0. The third-order valence-corrected chi connectivity index (χ3v) is 3.34. The van der Waals surface area contributed by atoms with Crippen LogP contribution in [0.4, 0.5) is 0 Å². The highest BCUT2D eigenvalue weighted by Gasteiger charge is 2.17. The highest BCUT2D eigenvalue weighted by molar-refractivity contribution is 6.11. The molecule has 0 saturated heterocycles. The van der Waals surface area contributed by atoms with Gasteiger partial charge in [-0.25, -0.2) is 0 Å². The minimum Gasteiger partial charge on any atom is -0.496 e. The van der Waals surface area contributed by atoms with E-state index in [9.17, 15) is 4.79 Å². The van der Waals surface area contributed by atoms with E-state index in [0.717, 1.165) is 16.9 Å². The first-order valence-electron chi connectivity index (χ1n) is 6.41. The molecule has 0 aliphatic rings. The lowest BCUT2D eigenvalue weighted by Crippen LogP contribution is -2.07. The number of para-hydroxylation sites is 1. The summed E-state index contributed by atoms with van der Waals surface area (Å²) in [4.78, 5) is 12.7. The average Bonchev–Trinajstić information content (AvgIpc) is 2.48. The molecule has 3 heteroatoms. The van der Waals surface area contributed by atoms with Gasteiger partial charge in [-0.05, 0) is 49.2 Å². The topological polar surface area (TPSA) is 35.5 Å². The highest BCUT2D eigenvalue weighted by Crippen LogP contribution is 2.27. The SMILES string of the molecule is COc1cc(C)c(C(=O)c2ccccc2OC)cc1C. The fourth-order valence-electron chi connectivity index (χ4n) is 2.23. The monoisotopic (exact) mass is 270 g/mol. The van der Waals surface area contributed by atoms with Gasteiger partial charge in [0.25, 0.3) is 0 Å². The van der Waals surface area contributed by atoms with Crippen molar-refractivity contribution in [2.24, 2.45) is 0 Å². The van der Waals surface area contributed by atoms with E-state index in [0.29, 0.717) is 16.9 Å². The summed E-state index contributed by atoms with van der Waals surface area (Å²) < 4.78 is 10.5. The number of aryl methyl sites for hydroxylation is 2. The normalized spacial score (nSPS) is 10.2. The molecule has 0 spiro atoms. The lowest BCUT2D eigenvalue weighted by molar-refractivity contribution is 0.103. The minimum absolute atomic E-state index is 0.0364. The molecule has 0 heterocycles. The van der Waals surface area contributed by atoms with Gasteiger partial charge in [0.2, 0.25) is 0 Å². The van der Waals surface area contributed by atoms with Crippen molar-refractivity contribution in [3.63, 3.8) is 0 Å². The van der Waals surface area contributed by atoms with Crippen molar-refractivity contribution >= 4 is 5.78 Å². The first-order chi connectivity index (χ1) is 9.58. The molecule has 20 heavy (non-hydrogen) atoms. The third kappa shape index (κ3) is 2.52. The average molecular weight is 270 g/mol. The van der Waals surface area contributed by atoms with E-state index in [2.05, 4.69) is 0 Å². The Morgan fingerprint density at radius 2 is 1.50 bits per heavy atom. The zero-order valence-electron chi connectivity index (χ0n) is 12.2. The van der Waals surface area contributed by atoms with Crippen LogP contribution >= 0.6 is 0 Å². The van der Waals surface area contributed by atoms with E-state index in [-0.39, 0.29) is 5.78 Å². The van der Waals surface area contributed by atoms with Crippen LogP contribution in [0.25, 0.3) is 0 Å². The smallest absolute Gasteiger partial charge is 0.197 e. The van der Waals surface area contributed by atoms with Crippen molar-refractivity contribution in [2.75, 3.05) is 14.2 Å². The molecule has 0 amide bonds. The Balaban J connectivity index is 2.51. The van der Waals surface area contributed by atoms with Crippen LogP contribution in [0.2, 0.25) is 0 Å². The number of ether oxygens (including phenoxy) is 2. The van der Waals surface area contributed by atoms with Gasteiger partial charge in [-0.1, -0.05) is 12.1 Å². The van der Waals surface area contributed by atoms with Gasteiger partial charge in [-0.15, -0.1) is 0 Å². The van der Waals surface area contributed by atoms with E-state index in [1.165, 1.54) is 0 Å². The van der Waals surface area contributed by atoms with Gasteiger partial charge in [-0.3, -0.25) is 4.79 Å². The zero-order chi connectivity index (χ0) is 14.7. The van der Waals surface area contributed by atoms with Crippen molar-refractivity contribution < 1.29 is 14.3 Å². The number of carbonyl (C=O) groups is 1. The zero-order valence-corrected chi connectivity index (χ0v) is 12.2. The van der Waals surface area contributed by atoms with Crippen LogP contribution in [0.1, 0.15) is 27.0 Å². The van der Waals surface area contributed by atoms with Gasteiger partial charge in [-0.2, -0.15) is 0 Å². The van der Waals surface area contributed by atoms with Crippen molar-refractivity contribution in [1.82, 2.24) is 0 Å². The Hall–Kier alpha value is -2.29. The van der Waals surface area contributed by atoms with Gasteiger partial charge in [0, 0.05) is 5.56 Å². The maximum atomic E-state index is 12.7. The minimum atomic E-state index is -0.0364. The van der Waals surface area contributed by atoms with Gasteiger partial charge in [0.15, 0.2) is 5.78 Å². The number of methoxy groups -OCH3 is 2. The Labute approximate surface area is 119 Å². The molecule has 0 atom stereocenters. The molecule has 2 rings (SSSR count). The van der Waals surface area contributed by atoms with Gasteiger partial charge < -0.3 is 9.47 Å². The molecule has 0 unspecified atom stereocenters. The Bertz CT molecular complexity index is 645. The molecular weight excluding hydrogens is 252 g/mol. The fourth-order valence-corrected chi connectivity index (χ4v) is 2.23. The number of ketones is 1. The second-order valence-corrected chi connectivity index (χ2v) is 4.67. The predicted molar refractivity (Wildman–Crippen MR) is 78.9 cm³/mol. The largest absolute Gasteiger partial charge is 0.496 e. The van der Waals surface area contributed by atoms with E-state index in [4.69, 9.17) is 9.47 Å². The Kier molecular flexibility index (Phi) is 4.08. The van der Waals surface area contributed by atoms with Crippen LogP contribution in [0.3, 0.4) is 0 Å². The lowest BCUT2D eigenvalue weighted by atomic mass is 9.96. The molecule has 2 aromatic carbocycles. The maximum Gasteiger partial charge on any atom is 0.197 e. The first-order valence-corrected chi connectivity index (χ1v) is 6.41. The van der Waals surface area contributed by atoms with E-state index in [1.54, 1.807) is 26.4 Å². The molecule has 0 aromatic heterocycles. The van der Waals surface area contributed by atoms with Crippen LogP contribution < -0.4 is 9.47 Å². The summed E-state index contributed by atoms with van der Waals surface area (Å²) in [5.74, 6) is 1.34. The van der Waals surface area contributed by atoms with Gasteiger partial charge in [0.1, 0.15) is 11.5 Å². The Morgan fingerprint density at radius 1 is 0.850 bits per heavy atom. The van der Waals surface area contributed by atoms with Crippen LogP contribution in [0.15, 0.2) is 36.4 Å². The van der Waals surface area contributed by atoms with Crippen molar-refractivity contribution in [3.05, 3.63) is 58.7 Å². The molecule has 0 bridgehead atoms. The Morgan fingerprint density at radius 3 is 2.15 bits per heavy atom. The summed E-state index contributed by atoms with van der Waals surface area (Å²) in [6.45, 7) is 3.84.